The number of hydrogen-bond donors (Lipinski definition) is 2. The molecule has 0 atom stereocenters. The molecule has 116 valence electrons. The third kappa shape index (κ3) is 3.79. The zero-order chi connectivity index (χ0) is 15.8. The molecule has 5 heteroatoms. The van der Waals surface area contributed by atoms with Crippen molar-refractivity contribution in [2.45, 2.75) is 57.7 Å². The Morgan fingerprint density at radius 3 is 2.33 bits per heavy atom. The highest BCUT2D eigenvalue weighted by molar-refractivity contribution is 5.94. The van der Waals surface area contributed by atoms with Crippen LogP contribution in [0.15, 0.2) is 18.2 Å². The van der Waals surface area contributed by atoms with E-state index >= 15 is 0 Å². The molecule has 1 aromatic carbocycles. The molecule has 1 fully saturated rings. The Kier molecular flexibility index (Phi) is 4.06. The highest BCUT2D eigenvalue weighted by atomic mass is 19.2. The van der Waals surface area contributed by atoms with E-state index in [1.807, 2.05) is 0 Å². The maximum atomic E-state index is 13.7. The van der Waals surface area contributed by atoms with Crippen molar-refractivity contribution in [2.75, 3.05) is 0 Å². The second-order valence-corrected chi connectivity index (χ2v) is 7.07. The molecule has 2 N–H and O–H groups in total. The van der Waals surface area contributed by atoms with Gasteiger partial charge in [0, 0.05) is 17.1 Å². The van der Waals surface area contributed by atoms with Crippen LogP contribution in [0.5, 0.6) is 0 Å². The number of carbonyl (C=O) groups excluding carboxylic acids is 1. The number of nitrogens with one attached hydrogen (secondary N) is 2. The summed E-state index contributed by atoms with van der Waals surface area (Å²) >= 11 is 0. The average molecular weight is 296 g/mol. The van der Waals surface area contributed by atoms with Crippen molar-refractivity contribution in [2.24, 2.45) is 0 Å². The summed E-state index contributed by atoms with van der Waals surface area (Å²) in [6, 6.07) is 3.56. The number of benzene rings is 1. The van der Waals surface area contributed by atoms with Crippen molar-refractivity contribution in [3.63, 3.8) is 0 Å². The molecule has 0 saturated carbocycles. The Morgan fingerprint density at radius 2 is 1.76 bits per heavy atom. The molecule has 1 aliphatic rings. The van der Waals surface area contributed by atoms with Gasteiger partial charge in [0.1, 0.15) is 0 Å². The summed E-state index contributed by atoms with van der Waals surface area (Å²) in [6.07, 6.45) is 1.47. The van der Waals surface area contributed by atoms with Gasteiger partial charge in [-0.15, -0.1) is 0 Å². The normalized spacial score (nSPS) is 21.0. The SMILES string of the molecule is CC1(C)CC(NC(=O)c2cccc(F)c2F)CC(C)(C)N1. The lowest BCUT2D eigenvalue weighted by Gasteiger charge is -2.46. The van der Waals surface area contributed by atoms with Crippen LogP contribution in [-0.4, -0.2) is 23.0 Å². The van der Waals surface area contributed by atoms with Gasteiger partial charge in [0.15, 0.2) is 11.6 Å². The van der Waals surface area contributed by atoms with Gasteiger partial charge in [0.25, 0.3) is 5.91 Å². The Morgan fingerprint density at radius 1 is 1.19 bits per heavy atom. The first-order valence-corrected chi connectivity index (χ1v) is 7.14. The van der Waals surface area contributed by atoms with Crippen molar-refractivity contribution in [1.29, 1.82) is 0 Å². The van der Waals surface area contributed by atoms with E-state index in [0.29, 0.717) is 0 Å². The first-order valence-electron chi connectivity index (χ1n) is 7.14. The maximum absolute atomic E-state index is 13.7. The van der Waals surface area contributed by atoms with E-state index < -0.39 is 17.5 Å². The lowest BCUT2D eigenvalue weighted by molar-refractivity contribution is 0.0868. The quantitative estimate of drug-likeness (QED) is 0.881. The third-order valence-electron chi connectivity index (χ3n) is 3.72. The van der Waals surface area contributed by atoms with Crippen molar-refractivity contribution < 1.29 is 13.6 Å². The van der Waals surface area contributed by atoms with Crippen LogP contribution in [-0.2, 0) is 0 Å². The number of rotatable bonds is 2. The number of piperidine rings is 1. The molecule has 0 unspecified atom stereocenters. The van der Waals surface area contributed by atoms with E-state index in [-0.39, 0.29) is 22.7 Å². The van der Waals surface area contributed by atoms with Crippen molar-refractivity contribution >= 4 is 5.91 Å². The van der Waals surface area contributed by atoms with Crippen molar-refractivity contribution in [3.8, 4) is 0 Å². The topological polar surface area (TPSA) is 41.1 Å². The molecule has 0 spiro atoms. The maximum Gasteiger partial charge on any atom is 0.254 e. The lowest BCUT2D eigenvalue weighted by atomic mass is 9.79. The molecule has 1 amide bonds. The Balaban J connectivity index is 2.14. The molecule has 1 aliphatic heterocycles. The van der Waals surface area contributed by atoms with E-state index in [1.165, 1.54) is 12.1 Å². The minimum Gasteiger partial charge on any atom is -0.349 e. The van der Waals surface area contributed by atoms with Crippen LogP contribution >= 0.6 is 0 Å². The number of hydrogen-bond acceptors (Lipinski definition) is 2. The van der Waals surface area contributed by atoms with Crippen LogP contribution in [0, 0.1) is 11.6 Å². The summed E-state index contributed by atoms with van der Waals surface area (Å²) in [5.41, 5.74) is -0.496. The fourth-order valence-corrected chi connectivity index (χ4v) is 3.37. The van der Waals surface area contributed by atoms with Crippen molar-refractivity contribution in [1.82, 2.24) is 10.6 Å². The second-order valence-electron chi connectivity index (χ2n) is 7.07. The predicted molar refractivity (Wildman–Crippen MR) is 78.1 cm³/mol. The van der Waals surface area contributed by atoms with Gasteiger partial charge in [-0.3, -0.25) is 4.79 Å². The molecule has 1 heterocycles. The van der Waals surface area contributed by atoms with E-state index in [1.54, 1.807) is 0 Å². The highest BCUT2D eigenvalue weighted by Crippen LogP contribution is 2.28. The van der Waals surface area contributed by atoms with E-state index in [4.69, 9.17) is 0 Å². The Bertz CT molecular complexity index is 539. The molecule has 0 aromatic heterocycles. The molecular formula is C16H22F2N2O. The molecule has 2 rings (SSSR count). The number of carbonyl (C=O) groups is 1. The summed E-state index contributed by atoms with van der Waals surface area (Å²) in [7, 11) is 0. The van der Waals surface area contributed by atoms with Gasteiger partial charge in [-0.1, -0.05) is 6.07 Å². The Labute approximate surface area is 124 Å². The molecule has 0 bridgehead atoms. The lowest BCUT2D eigenvalue weighted by Crippen LogP contribution is -2.62. The van der Waals surface area contributed by atoms with E-state index in [2.05, 4.69) is 38.3 Å². The van der Waals surface area contributed by atoms with Gasteiger partial charge in [-0.05, 0) is 52.7 Å². The first-order chi connectivity index (χ1) is 9.60. The summed E-state index contributed by atoms with van der Waals surface area (Å²) < 4.78 is 26.9. The molecule has 21 heavy (non-hydrogen) atoms. The minimum absolute atomic E-state index is 0.0774. The second kappa shape index (κ2) is 5.37. The Hall–Kier alpha value is -1.49. The van der Waals surface area contributed by atoms with Crippen LogP contribution in [0.4, 0.5) is 8.78 Å². The highest BCUT2D eigenvalue weighted by Gasteiger charge is 2.38. The van der Waals surface area contributed by atoms with Gasteiger partial charge < -0.3 is 10.6 Å². The molecule has 0 radical (unpaired) electrons. The molecule has 3 nitrogen and oxygen atoms in total. The zero-order valence-electron chi connectivity index (χ0n) is 12.9. The smallest absolute Gasteiger partial charge is 0.254 e. The monoisotopic (exact) mass is 296 g/mol. The summed E-state index contributed by atoms with van der Waals surface area (Å²) in [5, 5.41) is 6.34. The van der Waals surface area contributed by atoms with Crippen LogP contribution in [0.3, 0.4) is 0 Å². The standard InChI is InChI=1S/C16H22F2N2O/c1-15(2)8-10(9-16(3,4)20-15)19-14(21)11-6-5-7-12(17)13(11)18/h5-7,10,20H,8-9H2,1-4H3,(H,19,21). The first kappa shape index (κ1) is 15.9. The average Bonchev–Trinajstić information content (AvgIpc) is 2.28. The van der Waals surface area contributed by atoms with Gasteiger partial charge in [-0.25, -0.2) is 8.78 Å². The van der Waals surface area contributed by atoms with Gasteiger partial charge in [-0.2, -0.15) is 0 Å². The predicted octanol–water partition coefficient (Wildman–Crippen LogP) is 3.00. The van der Waals surface area contributed by atoms with Gasteiger partial charge in [0.2, 0.25) is 0 Å². The summed E-state index contributed by atoms with van der Waals surface area (Å²) in [5.74, 6) is -2.67. The van der Waals surface area contributed by atoms with Crippen LogP contribution in [0.25, 0.3) is 0 Å². The molecule has 1 saturated heterocycles. The van der Waals surface area contributed by atoms with E-state index in [0.717, 1.165) is 18.9 Å². The zero-order valence-corrected chi connectivity index (χ0v) is 12.9. The van der Waals surface area contributed by atoms with Crippen LogP contribution < -0.4 is 10.6 Å². The minimum atomic E-state index is -1.09. The number of amides is 1. The molecular weight excluding hydrogens is 274 g/mol. The molecule has 1 aromatic rings. The largest absolute Gasteiger partial charge is 0.349 e. The van der Waals surface area contributed by atoms with Gasteiger partial charge >= 0.3 is 0 Å². The van der Waals surface area contributed by atoms with Gasteiger partial charge in [0.05, 0.1) is 5.56 Å². The van der Waals surface area contributed by atoms with Crippen molar-refractivity contribution in [3.05, 3.63) is 35.4 Å². The summed E-state index contributed by atoms with van der Waals surface area (Å²) in [6.45, 7) is 8.26. The molecule has 0 aliphatic carbocycles. The summed E-state index contributed by atoms with van der Waals surface area (Å²) in [4.78, 5) is 12.2. The van der Waals surface area contributed by atoms with Crippen LogP contribution in [0.2, 0.25) is 0 Å². The van der Waals surface area contributed by atoms with Crippen LogP contribution in [0.1, 0.15) is 50.9 Å². The third-order valence-corrected chi connectivity index (χ3v) is 3.72. The fraction of sp³-hybridized carbons (Fsp3) is 0.562. The van der Waals surface area contributed by atoms with E-state index in [9.17, 15) is 13.6 Å². The fourth-order valence-electron chi connectivity index (χ4n) is 3.37. The number of halogens is 2.